The molecule has 8 rings (SSSR count). The molecule has 4 heterocycles. The molecule has 4 atom stereocenters. The molecular weight excluding hydrogens is 1050 g/mol. The van der Waals surface area contributed by atoms with E-state index in [1.807, 2.05) is 24.3 Å². The minimum atomic E-state index is -3.41. The Morgan fingerprint density at radius 1 is 0.573 bits per heavy atom. The second kappa shape index (κ2) is 27.8. The predicted octanol–water partition coefficient (Wildman–Crippen LogP) is 7.66. The van der Waals surface area contributed by atoms with Gasteiger partial charge in [0.25, 0.3) is 0 Å². The van der Waals surface area contributed by atoms with Gasteiger partial charge in [0.05, 0.1) is 72.4 Å². The van der Waals surface area contributed by atoms with Crippen LogP contribution in [-0.2, 0) is 22.9 Å². The number of methoxy groups -OCH3 is 6. The molecular formula is C53H73Cl3N8O10S. The lowest BCUT2D eigenvalue weighted by atomic mass is 9.89. The maximum absolute atomic E-state index is 13.1. The van der Waals surface area contributed by atoms with Crippen LogP contribution in [0.25, 0.3) is 0 Å². The summed E-state index contributed by atoms with van der Waals surface area (Å²) in [6, 6.07) is 22.0. The van der Waals surface area contributed by atoms with Gasteiger partial charge in [0.1, 0.15) is 0 Å². The minimum absolute atomic E-state index is 0. The monoisotopic (exact) mass is 1120 g/mol. The van der Waals surface area contributed by atoms with Crippen molar-refractivity contribution in [3.05, 3.63) is 94.0 Å². The number of urea groups is 2. The van der Waals surface area contributed by atoms with Gasteiger partial charge in [-0.1, -0.05) is 47.5 Å². The van der Waals surface area contributed by atoms with Gasteiger partial charge in [0, 0.05) is 72.6 Å². The highest BCUT2D eigenvalue weighted by Crippen LogP contribution is 2.41. The van der Waals surface area contributed by atoms with Gasteiger partial charge in [-0.15, -0.1) is 12.4 Å². The summed E-state index contributed by atoms with van der Waals surface area (Å²) in [5.41, 5.74) is 3.64. The van der Waals surface area contributed by atoms with Gasteiger partial charge in [-0.2, -0.15) is 4.31 Å². The van der Waals surface area contributed by atoms with Gasteiger partial charge in [0.2, 0.25) is 21.5 Å². The fourth-order valence-corrected chi connectivity index (χ4v) is 11.7. The number of benzene rings is 4. The van der Waals surface area contributed by atoms with E-state index in [4.69, 9.17) is 51.6 Å². The molecule has 0 radical (unpaired) electrons. The van der Waals surface area contributed by atoms with Gasteiger partial charge < -0.3 is 55.0 Å². The fourth-order valence-electron chi connectivity index (χ4n) is 10.6. The first-order valence-corrected chi connectivity index (χ1v) is 27.6. The highest BCUT2D eigenvalue weighted by molar-refractivity contribution is 7.88. The normalized spacial score (nSPS) is 20.7. The Morgan fingerprint density at radius 3 is 1.33 bits per heavy atom. The number of carbonyl (C=O) groups excluding carboxylic acids is 2. The number of hydrogen-bond acceptors (Lipinski definition) is 13. The van der Waals surface area contributed by atoms with Gasteiger partial charge in [-0.25, -0.2) is 18.0 Å². The number of hydrogen-bond donors (Lipinski definition) is 5. The van der Waals surface area contributed by atoms with E-state index >= 15 is 0 Å². The Hall–Kier alpha value is -5.12. The van der Waals surface area contributed by atoms with Crippen LogP contribution < -0.4 is 55.0 Å². The van der Waals surface area contributed by atoms with E-state index in [1.165, 1.54) is 43.0 Å². The van der Waals surface area contributed by atoms with Crippen LogP contribution in [0.15, 0.2) is 72.8 Å². The topological polar surface area (TPSA) is 194 Å². The van der Waals surface area contributed by atoms with Crippen molar-refractivity contribution in [3.8, 4) is 34.5 Å². The molecule has 18 nitrogen and oxygen atoms in total. The van der Waals surface area contributed by atoms with Crippen molar-refractivity contribution < 1.29 is 46.4 Å². The van der Waals surface area contributed by atoms with Crippen LogP contribution in [0.3, 0.4) is 0 Å². The third-order valence-corrected chi connectivity index (χ3v) is 16.2. The Balaban J connectivity index is 0.000000242. The second-order valence-electron chi connectivity index (χ2n) is 19.2. The molecule has 4 fully saturated rings. The number of nitrogens with one attached hydrogen (secondary N) is 5. The van der Waals surface area contributed by atoms with E-state index in [0.29, 0.717) is 64.3 Å². The Bertz CT molecular complexity index is 2560. The van der Waals surface area contributed by atoms with Crippen LogP contribution >= 0.6 is 35.6 Å². The first-order valence-electron chi connectivity index (χ1n) is 25.0. The van der Waals surface area contributed by atoms with E-state index in [0.717, 1.165) is 87.8 Å². The van der Waals surface area contributed by atoms with Crippen molar-refractivity contribution in [1.29, 1.82) is 0 Å². The van der Waals surface area contributed by atoms with E-state index < -0.39 is 16.1 Å². The van der Waals surface area contributed by atoms with Gasteiger partial charge >= 0.3 is 12.1 Å². The maximum Gasteiger partial charge on any atom is 0.319 e. The zero-order valence-electron chi connectivity index (χ0n) is 43.8. The average Bonchev–Trinajstić information content (AvgIpc) is 4.05. The molecule has 4 aromatic rings. The third kappa shape index (κ3) is 16.0. The first kappa shape index (κ1) is 59.1. The summed E-state index contributed by atoms with van der Waals surface area (Å²) in [5.74, 6) is 3.94. The number of nitrogens with zero attached hydrogens (tertiary/aromatic N) is 3. The number of likely N-dealkylation sites (tertiary alicyclic amines) is 2. The number of amides is 4. The molecule has 0 saturated carbocycles. The summed E-state index contributed by atoms with van der Waals surface area (Å²) in [6.07, 6.45) is 7.61. The van der Waals surface area contributed by atoms with E-state index in [2.05, 4.69) is 60.6 Å². The molecule has 0 aliphatic carbocycles. The molecule has 4 aliphatic rings. The van der Waals surface area contributed by atoms with Crippen molar-refractivity contribution in [3.63, 3.8) is 0 Å². The standard InChI is InChI=1S/C27H37ClN4O6S.C26H35ClN4O4.ClH/c1-36-24-14-21(15-25(37-2)26(24)38-3)29-27(33)30-22-16-32(39(4,34)35)17-23(22)31-11-9-19(10-12-31)13-18-5-7-20(28)8-6-18;1-33-23-13-20(14-24(34-2)25(23)35-3)29-26(32)30-21-15-28-16-22(21)31-10-8-18(9-11-31)12-17-4-6-19(27)7-5-17;/h5-8,14-15,19,22-23H,9-13,16-17H2,1-4H3,(H2,29,30,33);4-7,13-14,18,21-22,28H,8-12,15-16H2,1-3H3,(H2,29,30,32);1H/t22-,23-;21-,22-;/m11./s1. The predicted molar refractivity (Wildman–Crippen MR) is 297 cm³/mol. The van der Waals surface area contributed by atoms with Crippen LogP contribution in [0.2, 0.25) is 10.0 Å². The molecule has 0 aromatic heterocycles. The number of sulfonamides is 1. The molecule has 412 valence electrons. The van der Waals surface area contributed by atoms with Crippen molar-refractivity contribution in [2.75, 3.05) is 112 Å². The molecule has 0 unspecified atom stereocenters. The zero-order chi connectivity index (χ0) is 52.9. The molecule has 0 bridgehead atoms. The van der Waals surface area contributed by atoms with E-state index in [1.54, 1.807) is 45.6 Å². The van der Waals surface area contributed by atoms with Gasteiger partial charge in [0.15, 0.2) is 23.0 Å². The quantitative estimate of drug-likeness (QED) is 0.0693. The lowest BCUT2D eigenvalue weighted by Gasteiger charge is -2.38. The molecule has 4 saturated heterocycles. The molecule has 75 heavy (non-hydrogen) atoms. The lowest BCUT2D eigenvalue weighted by molar-refractivity contribution is 0.125. The summed E-state index contributed by atoms with van der Waals surface area (Å²) in [7, 11) is 5.76. The SMILES string of the molecule is COc1cc(NC(=O)N[C@@H]2CN(S(C)(=O)=O)C[C@H]2N2CCC(Cc3ccc(Cl)cc3)CC2)cc(OC)c1OC.COc1cc(NC(=O)N[C@@H]2CNC[C@H]2N2CCC(Cc3ccc(Cl)cc3)CC2)cc(OC)c1OC.Cl. The summed E-state index contributed by atoms with van der Waals surface area (Å²) in [5, 5.41) is 16.9. The van der Waals surface area contributed by atoms with Crippen LogP contribution in [0, 0.1) is 11.8 Å². The Labute approximate surface area is 458 Å². The first-order chi connectivity index (χ1) is 35.6. The number of anilines is 2. The fraction of sp³-hybridized carbons (Fsp3) is 0.509. The van der Waals surface area contributed by atoms with Gasteiger partial charge in [-0.05, 0) is 112 Å². The third-order valence-electron chi connectivity index (χ3n) is 14.5. The highest BCUT2D eigenvalue weighted by atomic mass is 35.5. The van der Waals surface area contributed by atoms with Crippen LogP contribution in [0.1, 0.15) is 36.8 Å². The van der Waals surface area contributed by atoms with Crippen molar-refractivity contribution in [2.45, 2.75) is 62.7 Å². The smallest absolute Gasteiger partial charge is 0.319 e. The number of halogens is 3. The van der Waals surface area contributed by atoms with Crippen LogP contribution in [0.4, 0.5) is 21.0 Å². The van der Waals surface area contributed by atoms with Crippen LogP contribution in [0.5, 0.6) is 34.5 Å². The van der Waals surface area contributed by atoms with Crippen molar-refractivity contribution >= 4 is 69.1 Å². The number of rotatable bonds is 17. The largest absolute Gasteiger partial charge is 0.493 e. The van der Waals surface area contributed by atoms with Crippen molar-refractivity contribution in [1.82, 2.24) is 30.1 Å². The molecule has 5 N–H and O–H groups in total. The minimum Gasteiger partial charge on any atom is -0.493 e. The van der Waals surface area contributed by atoms with Crippen molar-refractivity contribution in [2.24, 2.45) is 11.8 Å². The van der Waals surface area contributed by atoms with E-state index in [9.17, 15) is 18.0 Å². The zero-order valence-corrected chi connectivity index (χ0v) is 46.9. The van der Waals surface area contributed by atoms with Crippen LogP contribution in [-0.4, -0.2) is 160 Å². The number of piperidine rings is 2. The Kier molecular flexibility index (Phi) is 21.9. The summed E-state index contributed by atoms with van der Waals surface area (Å²) in [6.45, 7) is 5.94. The molecule has 4 aliphatic heterocycles. The average molecular weight is 1120 g/mol. The lowest BCUT2D eigenvalue weighted by Crippen LogP contribution is -2.54. The molecule has 22 heteroatoms. The van der Waals surface area contributed by atoms with Gasteiger partial charge in [-0.3, -0.25) is 9.80 Å². The summed E-state index contributed by atoms with van der Waals surface area (Å²) in [4.78, 5) is 30.7. The highest BCUT2D eigenvalue weighted by Gasteiger charge is 2.42. The molecule has 4 amide bonds. The Morgan fingerprint density at radius 2 is 0.960 bits per heavy atom. The molecule has 0 spiro atoms. The number of ether oxygens (including phenoxy) is 6. The molecule has 4 aromatic carbocycles. The number of carbonyl (C=O) groups is 2. The van der Waals surface area contributed by atoms with E-state index in [-0.39, 0.29) is 49.2 Å². The second-order valence-corrected chi connectivity index (χ2v) is 22.1. The summed E-state index contributed by atoms with van der Waals surface area (Å²) >= 11 is 12.0. The summed E-state index contributed by atoms with van der Waals surface area (Å²) < 4.78 is 58.4. The maximum atomic E-state index is 13.1.